The number of rotatable bonds is 5. The highest BCUT2D eigenvalue weighted by molar-refractivity contribution is 8.00. The Bertz CT molecular complexity index is 422. The molecule has 0 bridgehead atoms. The van der Waals surface area contributed by atoms with Crippen LogP contribution in [0.1, 0.15) is 0 Å². The van der Waals surface area contributed by atoms with Crippen LogP contribution in [0.5, 0.6) is 0 Å². The molecule has 0 aliphatic heterocycles. The third kappa shape index (κ3) is 4.75. The quantitative estimate of drug-likeness (QED) is 0.602. The molecule has 1 rings (SSSR count). The van der Waals surface area contributed by atoms with Gasteiger partial charge in [0.2, 0.25) is 5.91 Å². The van der Waals surface area contributed by atoms with Crippen molar-refractivity contribution in [3.63, 3.8) is 0 Å². The van der Waals surface area contributed by atoms with Crippen molar-refractivity contribution >= 4 is 23.6 Å². The Morgan fingerprint density at radius 1 is 1.33 bits per heavy atom. The zero-order valence-electron chi connectivity index (χ0n) is 10.2. The summed E-state index contributed by atoms with van der Waals surface area (Å²) < 4.78 is 17.1. The fourth-order valence-corrected chi connectivity index (χ4v) is 1.97. The number of halogens is 1. The van der Waals surface area contributed by atoms with Gasteiger partial charge < -0.3 is 9.64 Å². The third-order valence-electron chi connectivity index (χ3n) is 2.20. The van der Waals surface area contributed by atoms with Crippen molar-refractivity contribution in [2.75, 3.05) is 26.5 Å². The van der Waals surface area contributed by atoms with E-state index in [0.717, 1.165) is 4.90 Å². The Balaban J connectivity index is 2.41. The summed E-state index contributed by atoms with van der Waals surface area (Å²) in [5, 5.41) is 0. The van der Waals surface area contributed by atoms with Gasteiger partial charge in [-0.15, -0.1) is 11.8 Å². The summed E-state index contributed by atoms with van der Waals surface area (Å²) in [6, 6.07) is 5.89. The number of amides is 1. The van der Waals surface area contributed by atoms with Gasteiger partial charge in [-0.05, 0) is 24.3 Å². The molecule has 0 saturated heterocycles. The summed E-state index contributed by atoms with van der Waals surface area (Å²) in [5.74, 6) is -0.764. The molecule has 6 heteroatoms. The van der Waals surface area contributed by atoms with Crippen LogP contribution >= 0.6 is 11.8 Å². The maximum atomic E-state index is 12.7. The number of esters is 1. The maximum absolute atomic E-state index is 12.7. The first-order valence-electron chi connectivity index (χ1n) is 5.22. The van der Waals surface area contributed by atoms with Crippen molar-refractivity contribution in [1.82, 2.24) is 4.90 Å². The van der Waals surface area contributed by atoms with Crippen LogP contribution in [0.2, 0.25) is 0 Å². The van der Waals surface area contributed by atoms with Crippen LogP contribution in [0, 0.1) is 5.82 Å². The standard InChI is InChI=1S/C12H14FNO3S/c1-14(7-12(16)17-2)11(15)8-18-10-5-3-9(13)4-6-10/h3-6H,7-8H2,1-2H3. The van der Waals surface area contributed by atoms with E-state index >= 15 is 0 Å². The zero-order chi connectivity index (χ0) is 13.5. The molecule has 0 spiro atoms. The molecule has 0 heterocycles. The summed E-state index contributed by atoms with van der Waals surface area (Å²) in [6.45, 7) is -0.0701. The molecular weight excluding hydrogens is 257 g/mol. The SMILES string of the molecule is COC(=O)CN(C)C(=O)CSc1ccc(F)cc1. The normalized spacial score (nSPS) is 9.94. The number of benzene rings is 1. The molecule has 0 radical (unpaired) electrons. The minimum Gasteiger partial charge on any atom is -0.468 e. The summed E-state index contributed by atoms with van der Waals surface area (Å²) in [4.78, 5) is 24.7. The van der Waals surface area contributed by atoms with Crippen LogP contribution in [0.15, 0.2) is 29.2 Å². The van der Waals surface area contributed by atoms with Crippen molar-refractivity contribution in [2.45, 2.75) is 4.90 Å². The molecule has 0 fully saturated rings. The molecule has 98 valence electrons. The number of carbonyl (C=O) groups is 2. The van der Waals surface area contributed by atoms with Gasteiger partial charge in [0.05, 0.1) is 12.9 Å². The van der Waals surface area contributed by atoms with Gasteiger partial charge in [-0.2, -0.15) is 0 Å². The lowest BCUT2D eigenvalue weighted by Crippen LogP contribution is -2.33. The van der Waals surface area contributed by atoms with E-state index in [1.807, 2.05) is 0 Å². The predicted molar refractivity (Wildman–Crippen MR) is 66.8 cm³/mol. The Morgan fingerprint density at radius 2 is 1.94 bits per heavy atom. The minimum absolute atomic E-state index is 0.0701. The van der Waals surface area contributed by atoms with Crippen LogP contribution in [-0.4, -0.2) is 43.2 Å². The van der Waals surface area contributed by atoms with E-state index < -0.39 is 5.97 Å². The summed E-state index contributed by atoms with van der Waals surface area (Å²) >= 11 is 1.29. The smallest absolute Gasteiger partial charge is 0.325 e. The number of hydrogen-bond acceptors (Lipinski definition) is 4. The van der Waals surface area contributed by atoms with Gasteiger partial charge >= 0.3 is 5.97 Å². The molecule has 0 aliphatic carbocycles. The zero-order valence-corrected chi connectivity index (χ0v) is 11.0. The highest BCUT2D eigenvalue weighted by atomic mass is 32.2. The van der Waals surface area contributed by atoms with Crippen LogP contribution in [0.25, 0.3) is 0 Å². The Labute approximate surface area is 109 Å². The Kier molecular flexibility index (Phi) is 5.64. The molecule has 1 aromatic rings. The average molecular weight is 271 g/mol. The second-order valence-corrected chi connectivity index (χ2v) is 4.62. The predicted octanol–water partition coefficient (Wildman–Crippen LogP) is 1.55. The van der Waals surface area contributed by atoms with Gasteiger partial charge in [-0.25, -0.2) is 4.39 Å². The van der Waals surface area contributed by atoms with Crippen molar-refractivity contribution in [3.05, 3.63) is 30.1 Å². The van der Waals surface area contributed by atoms with Gasteiger partial charge in [-0.3, -0.25) is 9.59 Å². The van der Waals surface area contributed by atoms with Gasteiger partial charge in [-0.1, -0.05) is 0 Å². The lowest BCUT2D eigenvalue weighted by Gasteiger charge is -2.15. The third-order valence-corrected chi connectivity index (χ3v) is 3.19. The molecule has 0 N–H and O–H groups in total. The van der Waals surface area contributed by atoms with E-state index in [4.69, 9.17) is 0 Å². The molecule has 1 aromatic carbocycles. The van der Waals surface area contributed by atoms with Gasteiger partial charge in [0, 0.05) is 11.9 Å². The largest absolute Gasteiger partial charge is 0.468 e. The number of nitrogens with zero attached hydrogens (tertiary/aromatic N) is 1. The monoisotopic (exact) mass is 271 g/mol. The van der Waals surface area contributed by atoms with E-state index in [2.05, 4.69) is 4.74 Å². The van der Waals surface area contributed by atoms with Gasteiger partial charge in [0.1, 0.15) is 12.4 Å². The number of likely N-dealkylation sites (N-methyl/N-ethyl adjacent to an activating group) is 1. The molecule has 4 nitrogen and oxygen atoms in total. The lowest BCUT2D eigenvalue weighted by molar-refractivity contribution is -0.145. The molecule has 18 heavy (non-hydrogen) atoms. The van der Waals surface area contributed by atoms with Crippen LogP contribution in [0.4, 0.5) is 4.39 Å². The van der Waals surface area contributed by atoms with E-state index in [0.29, 0.717) is 0 Å². The van der Waals surface area contributed by atoms with E-state index in [1.165, 1.54) is 43.0 Å². The Morgan fingerprint density at radius 3 is 2.50 bits per heavy atom. The van der Waals surface area contributed by atoms with E-state index in [9.17, 15) is 14.0 Å². The molecule has 0 atom stereocenters. The van der Waals surface area contributed by atoms with E-state index in [-0.39, 0.29) is 24.0 Å². The first-order valence-corrected chi connectivity index (χ1v) is 6.20. The summed E-state index contributed by atoms with van der Waals surface area (Å²) in [5.41, 5.74) is 0. The molecule has 0 saturated carbocycles. The first-order chi connectivity index (χ1) is 8.52. The van der Waals surface area contributed by atoms with Crippen molar-refractivity contribution in [2.24, 2.45) is 0 Å². The molecular formula is C12H14FNO3S. The summed E-state index contributed by atoms with van der Waals surface area (Å²) in [7, 11) is 2.80. The van der Waals surface area contributed by atoms with E-state index in [1.54, 1.807) is 12.1 Å². The second kappa shape index (κ2) is 7.00. The second-order valence-electron chi connectivity index (χ2n) is 3.57. The lowest BCUT2D eigenvalue weighted by atomic mass is 10.4. The minimum atomic E-state index is -0.461. The number of methoxy groups -OCH3 is 1. The summed E-state index contributed by atoms with van der Waals surface area (Å²) in [6.07, 6.45) is 0. The van der Waals surface area contributed by atoms with Crippen molar-refractivity contribution in [1.29, 1.82) is 0 Å². The number of carbonyl (C=O) groups excluding carboxylic acids is 2. The maximum Gasteiger partial charge on any atom is 0.325 e. The number of hydrogen-bond donors (Lipinski definition) is 0. The van der Waals surface area contributed by atoms with Crippen LogP contribution in [0.3, 0.4) is 0 Å². The number of thioether (sulfide) groups is 1. The highest BCUT2D eigenvalue weighted by Crippen LogP contribution is 2.18. The molecule has 0 aliphatic rings. The van der Waals surface area contributed by atoms with Crippen LogP contribution < -0.4 is 0 Å². The number of ether oxygens (including phenoxy) is 1. The average Bonchev–Trinajstić information content (AvgIpc) is 2.37. The first kappa shape index (κ1) is 14.5. The van der Waals surface area contributed by atoms with Gasteiger partial charge in [0.25, 0.3) is 0 Å². The van der Waals surface area contributed by atoms with Gasteiger partial charge in [0.15, 0.2) is 0 Å². The fraction of sp³-hybridized carbons (Fsp3) is 0.333. The highest BCUT2D eigenvalue weighted by Gasteiger charge is 2.13. The van der Waals surface area contributed by atoms with Crippen LogP contribution in [-0.2, 0) is 14.3 Å². The van der Waals surface area contributed by atoms with Crippen molar-refractivity contribution in [3.8, 4) is 0 Å². The fourth-order valence-electron chi connectivity index (χ4n) is 1.13. The molecule has 1 amide bonds. The topological polar surface area (TPSA) is 46.6 Å². The molecule has 0 aromatic heterocycles. The Hall–Kier alpha value is -1.56. The van der Waals surface area contributed by atoms with Crippen molar-refractivity contribution < 1.29 is 18.7 Å². The molecule has 0 unspecified atom stereocenters.